The van der Waals surface area contributed by atoms with Gasteiger partial charge in [0.1, 0.15) is 5.69 Å². The minimum absolute atomic E-state index is 0.0341. The minimum atomic E-state index is -0.467. The van der Waals surface area contributed by atoms with Crippen LogP contribution in [-0.4, -0.2) is 33.5 Å². The van der Waals surface area contributed by atoms with Crippen LogP contribution >= 0.6 is 23.4 Å². The summed E-state index contributed by atoms with van der Waals surface area (Å²) in [6, 6.07) is 35.2. The Balaban J connectivity index is 1.41. The molecule has 5 rings (SSSR count). The van der Waals surface area contributed by atoms with Crippen molar-refractivity contribution in [1.82, 2.24) is 14.8 Å². The van der Waals surface area contributed by atoms with Gasteiger partial charge in [0, 0.05) is 25.4 Å². The summed E-state index contributed by atoms with van der Waals surface area (Å²) >= 11 is 8.19. The summed E-state index contributed by atoms with van der Waals surface area (Å²) in [5, 5.41) is 4.63. The Kier molecular flexibility index (Phi) is 7.91. The Morgan fingerprint density at radius 1 is 0.868 bits per heavy atom. The molecular weight excluding hydrogens is 512 g/mol. The summed E-state index contributed by atoms with van der Waals surface area (Å²) in [5.41, 5.74) is 4.85. The third kappa shape index (κ3) is 5.23. The molecule has 0 unspecified atom stereocenters. The van der Waals surface area contributed by atoms with Crippen LogP contribution in [0.2, 0.25) is 5.15 Å². The van der Waals surface area contributed by atoms with Crippen molar-refractivity contribution in [2.45, 2.75) is 11.2 Å². The molecule has 5 nitrogen and oxygen atoms in total. The molecule has 5 aromatic rings. The largest absolute Gasteiger partial charge is 0.311 e. The molecule has 0 aliphatic rings. The van der Waals surface area contributed by atoms with Gasteiger partial charge in [-0.15, -0.1) is 11.8 Å². The van der Waals surface area contributed by atoms with Gasteiger partial charge in [-0.2, -0.15) is 5.10 Å². The van der Waals surface area contributed by atoms with Crippen molar-refractivity contribution in [2.75, 3.05) is 17.7 Å². The molecular formula is C31H27ClN4OS. The fraction of sp³-hybridized carbons (Fsp3) is 0.129. The average Bonchev–Trinajstić information content (AvgIpc) is 3.38. The Morgan fingerprint density at radius 3 is 1.92 bits per heavy atom. The molecule has 0 fully saturated rings. The van der Waals surface area contributed by atoms with Gasteiger partial charge in [0.2, 0.25) is 5.91 Å². The Labute approximate surface area is 232 Å². The van der Waals surface area contributed by atoms with Crippen LogP contribution in [0.4, 0.5) is 5.69 Å². The summed E-state index contributed by atoms with van der Waals surface area (Å²) in [5.74, 6) is 0.573. The molecule has 7 heteroatoms. The van der Waals surface area contributed by atoms with Gasteiger partial charge >= 0.3 is 0 Å². The molecule has 38 heavy (non-hydrogen) atoms. The van der Waals surface area contributed by atoms with E-state index in [0.29, 0.717) is 17.9 Å². The average molecular weight is 539 g/mol. The normalized spacial score (nSPS) is 11.3. The predicted molar refractivity (Wildman–Crippen MR) is 156 cm³/mol. The SMILES string of the molecule is CN(C(=O)CCSC(c1ccccc1)(c1ccccc1)c1ccccc1)c1cn(-c2cccnc2)nc1Cl. The molecule has 0 saturated heterocycles. The summed E-state index contributed by atoms with van der Waals surface area (Å²) in [7, 11) is 1.74. The Hall–Kier alpha value is -3.87. The van der Waals surface area contributed by atoms with E-state index in [1.807, 2.05) is 30.3 Å². The van der Waals surface area contributed by atoms with E-state index < -0.39 is 4.75 Å². The smallest absolute Gasteiger partial charge is 0.227 e. The summed E-state index contributed by atoms with van der Waals surface area (Å²) < 4.78 is 1.17. The topological polar surface area (TPSA) is 51.0 Å². The van der Waals surface area contributed by atoms with E-state index in [0.717, 1.165) is 5.69 Å². The van der Waals surface area contributed by atoms with Gasteiger partial charge < -0.3 is 4.90 Å². The summed E-state index contributed by atoms with van der Waals surface area (Å²) in [6.07, 6.45) is 5.49. The molecule has 0 atom stereocenters. The van der Waals surface area contributed by atoms with Gasteiger partial charge in [-0.05, 0) is 28.8 Å². The van der Waals surface area contributed by atoms with E-state index in [9.17, 15) is 4.79 Å². The number of carbonyl (C=O) groups excluding carboxylic acids is 1. The number of rotatable bonds is 9. The number of aromatic nitrogens is 3. The second-order valence-electron chi connectivity index (χ2n) is 8.79. The number of amides is 1. The first-order valence-electron chi connectivity index (χ1n) is 12.3. The molecule has 190 valence electrons. The second kappa shape index (κ2) is 11.7. The van der Waals surface area contributed by atoms with E-state index >= 15 is 0 Å². The van der Waals surface area contributed by atoms with Gasteiger partial charge in [0.25, 0.3) is 0 Å². The quantitative estimate of drug-likeness (QED) is 0.190. The van der Waals surface area contributed by atoms with Gasteiger partial charge in [-0.1, -0.05) is 103 Å². The van der Waals surface area contributed by atoms with Crippen LogP contribution in [0.3, 0.4) is 0 Å². The molecule has 0 radical (unpaired) electrons. The number of anilines is 1. The molecule has 0 bridgehead atoms. The van der Waals surface area contributed by atoms with Gasteiger partial charge in [0.05, 0.1) is 22.8 Å². The van der Waals surface area contributed by atoms with Crippen LogP contribution in [0.1, 0.15) is 23.1 Å². The third-order valence-corrected chi connectivity index (χ3v) is 8.29. The van der Waals surface area contributed by atoms with E-state index in [2.05, 4.69) is 82.9 Å². The van der Waals surface area contributed by atoms with Gasteiger partial charge in [-0.3, -0.25) is 9.78 Å². The van der Waals surface area contributed by atoms with Crippen LogP contribution in [0, 0.1) is 0 Å². The molecule has 2 heterocycles. The van der Waals surface area contributed by atoms with E-state index in [1.165, 1.54) is 16.7 Å². The van der Waals surface area contributed by atoms with Crippen molar-refractivity contribution in [3.63, 3.8) is 0 Å². The first-order chi connectivity index (χ1) is 18.6. The molecule has 1 amide bonds. The number of hydrogen-bond donors (Lipinski definition) is 0. The maximum Gasteiger partial charge on any atom is 0.227 e. The van der Waals surface area contributed by atoms with Crippen molar-refractivity contribution in [3.05, 3.63) is 144 Å². The van der Waals surface area contributed by atoms with Crippen molar-refractivity contribution in [3.8, 4) is 5.69 Å². The monoisotopic (exact) mass is 538 g/mol. The highest BCUT2D eigenvalue weighted by atomic mass is 35.5. The highest BCUT2D eigenvalue weighted by Gasteiger charge is 2.37. The highest BCUT2D eigenvalue weighted by molar-refractivity contribution is 8.00. The van der Waals surface area contributed by atoms with E-state index in [1.54, 1.807) is 47.0 Å². The van der Waals surface area contributed by atoms with Crippen LogP contribution < -0.4 is 4.90 Å². The molecule has 0 aliphatic heterocycles. The van der Waals surface area contributed by atoms with Gasteiger partial charge in [0.15, 0.2) is 5.15 Å². The van der Waals surface area contributed by atoms with Crippen LogP contribution in [-0.2, 0) is 9.54 Å². The second-order valence-corrected chi connectivity index (χ2v) is 10.5. The zero-order chi connectivity index (χ0) is 26.4. The maximum absolute atomic E-state index is 13.3. The fourth-order valence-corrected chi connectivity index (χ4v) is 6.30. The van der Waals surface area contributed by atoms with Crippen LogP contribution in [0.25, 0.3) is 5.69 Å². The van der Waals surface area contributed by atoms with E-state index in [4.69, 9.17) is 11.6 Å². The minimum Gasteiger partial charge on any atom is -0.311 e. The molecule has 0 N–H and O–H groups in total. The molecule has 0 saturated carbocycles. The molecule has 2 aromatic heterocycles. The highest BCUT2D eigenvalue weighted by Crippen LogP contribution is 2.48. The number of hydrogen-bond acceptors (Lipinski definition) is 4. The number of halogens is 1. The first kappa shape index (κ1) is 25.8. The standard InChI is InChI=1S/C31H27ClN4OS/c1-35(28-23-36(34-30(28)32)27-18-11-20-33-22-27)29(37)19-21-38-31(24-12-5-2-6-13-24,25-14-7-3-8-15-25)26-16-9-4-10-17-26/h2-18,20,22-23H,19,21H2,1H3. The summed E-state index contributed by atoms with van der Waals surface area (Å²) in [4.78, 5) is 19.1. The van der Waals surface area contributed by atoms with Crippen LogP contribution in [0.5, 0.6) is 0 Å². The number of nitrogens with zero attached hydrogens (tertiary/aromatic N) is 4. The van der Waals surface area contributed by atoms with Crippen molar-refractivity contribution >= 4 is 35.0 Å². The van der Waals surface area contributed by atoms with Gasteiger partial charge in [-0.25, -0.2) is 4.68 Å². The molecule has 0 aliphatic carbocycles. The number of thioether (sulfide) groups is 1. The van der Waals surface area contributed by atoms with Crippen molar-refractivity contribution in [2.24, 2.45) is 0 Å². The first-order valence-corrected chi connectivity index (χ1v) is 13.7. The Morgan fingerprint density at radius 2 is 1.42 bits per heavy atom. The van der Waals surface area contributed by atoms with E-state index in [-0.39, 0.29) is 11.1 Å². The number of pyridine rings is 1. The third-order valence-electron chi connectivity index (χ3n) is 6.47. The number of carbonyl (C=O) groups is 1. The zero-order valence-corrected chi connectivity index (χ0v) is 22.5. The van der Waals surface area contributed by atoms with Crippen molar-refractivity contribution in [1.29, 1.82) is 0 Å². The fourth-order valence-electron chi connectivity index (χ4n) is 4.55. The summed E-state index contributed by atoms with van der Waals surface area (Å²) in [6.45, 7) is 0. The lowest BCUT2D eigenvalue weighted by atomic mass is 9.84. The lowest BCUT2D eigenvalue weighted by Crippen LogP contribution is -2.29. The molecule has 3 aromatic carbocycles. The lowest BCUT2D eigenvalue weighted by molar-refractivity contribution is -0.117. The maximum atomic E-state index is 13.3. The molecule has 0 spiro atoms. The van der Waals surface area contributed by atoms with Crippen molar-refractivity contribution < 1.29 is 4.79 Å². The Bertz CT molecular complexity index is 1380. The predicted octanol–water partition coefficient (Wildman–Crippen LogP) is 7.00. The van der Waals surface area contributed by atoms with Crippen LogP contribution in [0.15, 0.2) is 122 Å². The number of benzene rings is 3. The zero-order valence-electron chi connectivity index (χ0n) is 20.9. The lowest BCUT2D eigenvalue weighted by Gasteiger charge is -2.35.